The van der Waals surface area contributed by atoms with Crippen molar-refractivity contribution in [3.05, 3.63) is 66.5 Å². The van der Waals surface area contributed by atoms with Gasteiger partial charge < -0.3 is 21.1 Å². The summed E-state index contributed by atoms with van der Waals surface area (Å²) in [6.07, 6.45) is 7.38. The molecule has 30 heavy (non-hydrogen) atoms. The van der Waals surface area contributed by atoms with Gasteiger partial charge in [0.05, 0.1) is 11.6 Å². The van der Waals surface area contributed by atoms with Gasteiger partial charge in [0.2, 0.25) is 0 Å². The minimum Gasteiger partial charge on any atom is -0.457 e. The van der Waals surface area contributed by atoms with Crippen LogP contribution in [0.5, 0.6) is 11.5 Å². The summed E-state index contributed by atoms with van der Waals surface area (Å²) in [6.45, 7) is 2.04. The standard InChI is InChI=1S/C24H27N5O/c1-26-19-3-5-21(6-4-19)30-24-10-13-28-23-14-17(2-7-22(23)24)18(15-25)16-29-20-8-11-27-12-9-20/h2-7,10,13-16,20,26-27H,8-9,11-12,25H2,1H3/b18-15+,29-16?. The Bertz CT molecular complexity index is 1050. The number of allylic oxidation sites excluding steroid dienone is 1. The molecule has 4 rings (SSSR count). The van der Waals surface area contributed by atoms with Gasteiger partial charge in [0.25, 0.3) is 0 Å². The van der Waals surface area contributed by atoms with Gasteiger partial charge in [-0.2, -0.15) is 0 Å². The quantitative estimate of drug-likeness (QED) is 0.539. The lowest BCUT2D eigenvalue weighted by atomic mass is 10.0. The molecule has 0 atom stereocenters. The van der Waals surface area contributed by atoms with Gasteiger partial charge in [0.1, 0.15) is 11.5 Å². The van der Waals surface area contributed by atoms with Crippen LogP contribution in [0.15, 0.2) is 65.9 Å². The number of fused-ring (bicyclic) bond motifs is 1. The predicted molar refractivity (Wildman–Crippen MR) is 124 cm³/mol. The molecule has 4 N–H and O–H groups in total. The normalized spacial score (nSPS) is 15.6. The van der Waals surface area contributed by atoms with Crippen LogP contribution >= 0.6 is 0 Å². The third-order valence-corrected chi connectivity index (χ3v) is 5.32. The molecule has 1 aliphatic rings. The van der Waals surface area contributed by atoms with Crippen LogP contribution < -0.4 is 21.1 Å². The highest BCUT2D eigenvalue weighted by molar-refractivity contribution is 6.10. The van der Waals surface area contributed by atoms with E-state index in [-0.39, 0.29) is 0 Å². The molecule has 0 aliphatic carbocycles. The summed E-state index contributed by atoms with van der Waals surface area (Å²) in [5, 5.41) is 7.42. The Morgan fingerprint density at radius 2 is 1.97 bits per heavy atom. The molecular formula is C24H27N5O. The first-order chi connectivity index (χ1) is 14.8. The zero-order valence-corrected chi connectivity index (χ0v) is 17.1. The van der Waals surface area contributed by atoms with Crippen LogP contribution in [-0.4, -0.2) is 37.4 Å². The summed E-state index contributed by atoms with van der Waals surface area (Å²) in [5.41, 5.74) is 9.68. The van der Waals surface area contributed by atoms with Crippen LogP contribution in [0.3, 0.4) is 0 Å². The van der Waals surface area contributed by atoms with Crippen molar-refractivity contribution in [1.29, 1.82) is 0 Å². The molecule has 0 unspecified atom stereocenters. The summed E-state index contributed by atoms with van der Waals surface area (Å²) < 4.78 is 6.11. The maximum absolute atomic E-state index is 6.11. The third-order valence-electron chi connectivity index (χ3n) is 5.32. The fourth-order valence-corrected chi connectivity index (χ4v) is 3.56. The lowest BCUT2D eigenvalue weighted by Gasteiger charge is -2.18. The van der Waals surface area contributed by atoms with E-state index >= 15 is 0 Å². The molecular weight excluding hydrogens is 374 g/mol. The van der Waals surface area contributed by atoms with E-state index < -0.39 is 0 Å². The van der Waals surface area contributed by atoms with E-state index in [4.69, 9.17) is 15.5 Å². The highest BCUT2D eigenvalue weighted by Crippen LogP contribution is 2.30. The Morgan fingerprint density at radius 1 is 1.17 bits per heavy atom. The Balaban J connectivity index is 1.57. The smallest absolute Gasteiger partial charge is 0.138 e. The Labute approximate surface area is 176 Å². The minimum absolute atomic E-state index is 0.356. The first kappa shape index (κ1) is 19.9. The molecule has 6 heteroatoms. The van der Waals surface area contributed by atoms with Crippen molar-refractivity contribution >= 4 is 28.4 Å². The first-order valence-electron chi connectivity index (χ1n) is 10.3. The average molecular weight is 402 g/mol. The number of rotatable bonds is 6. The number of nitrogens with two attached hydrogens (primary N) is 1. The number of benzene rings is 2. The molecule has 6 nitrogen and oxygen atoms in total. The van der Waals surface area contributed by atoms with Crippen molar-refractivity contribution in [3.63, 3.8) is 0 Å². The molecule has 1 fully saturated rings. The van der Waals surface area contributed by atoms with E-state index in [0.29, 0.717) is 6.04 Å². The number of piperidine rings is 1. The summed E-state index contributed by atoms with van der Waals surface area (Å²) in [4.78, 5) is 9.26. The van der Waals surface area contributed by atoms with Crippen LogP contribution in [0, 0.1) is 0 Å². The van der Waals surface area contributed by atoms with Crippen molar-refractivity contribution < 1.29 is 4.74 Å². The Morgan fingerprint density at radius 3 is 2.70 bits per heavy atom. The molecule has 1 saturated heterocycles. The molecule has 0 saturated carbocycles. The number of hydrogen-bond donors (Lipinski definition) is 3. The molecule has 2 heterocycles. The van der Waals surface area contributed by atoms with E-state index in [1.165, 1.54) is 0 Å². The van der Waals surface area contributed by atoms with Crippen LogP contribution in [0.2, 0.25) is 0 Å². The summed E-state index contributed by atoms with van der Waals surface area (Å²) >= 11 is 0. The second-order valence-electron chi connectivity index (χ2n) is 7.30. The zero-order chi connectivity index (χ0) is 20.8. The highest BCUT2D eigenvalue weighted by Gasteiger charge is 2.11. The Hall–Kier alpha value is -3.38. The molecule has 0 radical (unpaired) electrons. The van der Waals surface area contributed by atoms with Crippen molar-refractivity contribution in [1.82, 2.24) is 10.3 Å². The predicted octanol–water partition coefficient (Wildman–Crippen LogP) is 4.19. The van der Waals surface area contributed by atoms with Crippen molar-refractivity contribution in [2.45, 2.75) is 18.9 Å². The third kappa shape index (κ3) is 4.60. The monoisotopic (exact) mass is 401 g/mol. The van der Waals surface area contributed by atoms with E-state index in [0.717, 1.165) is 65.2 Å². The van der Waals surface area contributed by atoms with Crippen LogP contribution in [0.1, 0.15) is 18.4 Å². The SMILES string of the molecule is CNc1ccc(Oc2ccnc3cc(/C(C=NC4CCNCC4)=C/N)ccc23)cc1. The number of nitrogens with one attached hydrogen (secondary N) is 2. The van der Waals surface area contributed by atoms with E-state index in [9.17, 15) is 0 Å². The first-order valence-corrected chi connectivity index (χ1v) is 10.3. The number of nitrogens with zero attached hydrogens (tertiary/aromatic N) is 2. The van der Waals surface area contributed by atoms with Crippen LogP contribution in [0.25, 0.3) is 16.5 Å². The number of ether oxygens (including phenoxy) is 1. The fourth-order valence-electron chi connectivity index (χ4n) is 3.56. The van der Waals surface area contributed by atoms with Crippen LogP contribution in [0.4, 0.5) is 5.69 Å². The van der Waals surface area contributed by atoms with Gasteiger partial charge in [-0.25, -0.2) is 0 Å². The molecule has 154 valence electrons. The lowest BCUT2D eigenvalue weighted by Crippen LogP contribution is -2.29. The minimum atomic E-state index is 0.356. The van der Waals surface area contributed by atoms with E-state index in [1.54, 1.807) is 12.4 Å². The maximum Gasteiger partial charge on any atom is 0.138 e. The zero-order valence-electron chi connectivity index (χ0n) is 17.1. The van der Waals surface area contributed by atoms with Gasteiger partial charge in [-0.3, -0.25) is 9.98 Å². The van der Waals surface area contributed by atoms with Gasteiger partial charge in [0, 0.05) is 42.3 Å². The summed E-state index contributed by atoms with van der Waals surface area (Å²) in [6, 6.07) is 16.2. The number of anilines is 1. The average Bonchev–Trinajstić information content (AvgIpc) is 2.81. The van der Waals surface area contributed by atoms with E-state index in [1.807, 2.05) is 61.8 Å². The molecule has 3 aromatic rings. The molecule has 2 aromatic carbocycles. The lowest BCUT2D eigenvalue weighted by molar-refractivity contribution is 0.461. The van der Waals surface area contributed by atoms with Crippen LogP contribution in [-0.2, 0) is 0 Å². The molecule has 0 bridgehead atoms. The fraction of sp³-hybridized carbons (Fsp3) is 0.250. The molecule has 1 aliphatic heterocycles. The van der Waals surface area contributed by atoms with Crippen molar-refractivity contribution in [3.8, 4) is 11.5 Å². The Kier molecular flexibility index (Phi) is 6.25. The van der Waals surface area contributed by atoms with Gasteiger partial charge in [-0.05, 0) is 74.0 Å². The second-order valence-corrected chi connectivity index (χ2v) is 7.30. The molecule has 0 amide bonds. The van der Waals surface area contributed by atoms with Gasteiger partial charge in [-0.15, -0.1) is 0 Å². The number of aromatic nitrogens is 1. The number of aliphatic imine (C=N–C) groups is 1. The summed E-state index contributed by atoms with van der Waals surface area (Å²) in [7, 11) is 1.89. The van der Waals surface area contributed by atoms with E-state index in [2.05, 4.69) is 15.6 Å². The van der Waals surface area contributed by atoms with Gasteiger partial charge >= 0.3 is 0 Å². The van der Waals surface area contributed by atoms with Crippen molar-refractivity contribution in [2.75, 3.05) is 25.5 Å². The second kappa shape index (κ2) is 9.41. The van der Waals surface area contributed by atoms with Gasteiger partial charge in [-0.1, -0.05) is 6.07 Å². The summed E-state index contributed by atoms with van der Waals surface area (Å²) in [5.74, 6) is 1.55. The maximum atomic E-state index is 6.11. The molecule has 1 aromatic heterocycles. The number of pyridine rings is 1. The largest absolute Gasteiger partial charge is 0.457 e. The molecule has 0 spiro atoms. The number of hydrogen-bond acceptors (Lipinski definition) is 6. The van der Waals surface area contributed by atoms with Crippen molar-refractivity contribution in [2.24, 2.45) is 10.7 Å². The van der Waals surface area contributed by atoms with Gasteiger partial charge in [0.15, 0.2) is 0 Å². The highest BCUT2D eigenvalue weighted by atomic mass is 16.5. The topological polar surface area (TPSA) is 84.6 Å².